The Morgan fingerprint density at radius 3 is 2.43 bits per heavy atom. The fourth-order valence-electron chi connectivity index (χ4n) is 1.91. The third kappa shape index (κ3) is 3.83. The third-order valence-electron chi connectivity index (χ3n) is 3.15. The van der Waals surface area contributed by atoms with Crippen molar-refractivity contribution in [1.82, 2.24) is 0 Å². The van der Waals surface area contributed by atoms with Gasteiger partial charge in [-0.05, 0) is 48.0 Å². The average Bonchev–Trinajstić information content (AvgIpc) is 2.59. The molecule has 0 atom stereocenters. The Morgan fingerprint density at radius 2 is 1.87 bits per heavy atom. The first-order valence-corrected chi connectivity index (χ1v) is 6.69. The summed E-state index contributed by atoms with van der Waals surface area (Å²) in [6.07, 6.45) is 2.88. The number of phenols is 1. The number of allylic oxidation sites excluding steroid dienone is 1. The molecule has 5 heteroatoms. The van der Waals surface area contributed by atoms with Crippen molar-refractivity contribution in [3.05, 3.63) is 70.8 Å². The summed E-state index contributed by atoms with van der Waals surface area (Å²) in [5.41, 5.74) is 1.56. The lowest BCUT2D eigenvalue weighted by Crippen LogP contribution is -2.01. The smallest absolute Gasteiger partial charge is 0.341 e. The summed E-state index contributed by atoms with van der Waals surface area (Å²) in [6, 6.07) is 12.6. The molecule has 2 rings (SSSR count). The van der Waals surface area contributed by atoms with Crippen molar-refractivity contribution in [3.8, 4) is 11.8 Å². The van der Waals surface area contributed by atoms with E-state index < -0.39 is 5.97 Å². The molecule has 0 spiro atoms. The molecule has 23 heavy (non-hydrogen) atoms. The Morgan fingerprint density at radius 1 is 1.17 bits per heavy atom. The van der Waals surface area contributed by atoms with Gasteiger partial charge in [-0.15, -0.1) is 0 Å². The molecule has 0 aliphatic heterocycles. The number of carbonyl (C=O) groups excluding carboxylic acids is 2. The van der Waals surface area contributed by atoms with Crippen molar-refractivity contribution in [2.24, 2.45) is 0 Å². The highest BCUT2D eigenvalue weighted by Gasteiger charge is 2.11. The van der Waals surface area contributed by atoms with Crippen molar-refractivity contribution in [2.45, 2.75) is 0 Å². The van der Waals surface area contributed by atoms with Gasteiger partial charge in [0.25, 0.3) is 0 Å². The van der Waals surface area contributed by atoms with Crippen LogP contribution in [0.5, 0.6) is 5.75 Å². The molecule has 5 nitrogen and oxygen atoms in total. The van der Waals surface area contributed by atoms with Crippen molar-refractivity contribution in [1.29, 1.82) is 5.26 Å². The minimum Gasteiger partial charge on any atom is -0.507 e. The monoisotopic (exact) mass is 307 g/mol. The van der Waals surface area contributed by atoms with E-state index in [9.17, 15) is 14.7 Å². The molecule has 0 aliphatic rings. The number of ether oxygens (including phenoxy) is 1. The zero-order valence-corrected chi connectivity index (χ0v) is 12.3. The quantitative estimate of drug-likeness (QED) is 0.533. The molecule has 0 unspecified atom stereocenters. The van der Waals surface area contributed by atoms with Crippen LogP contribution in [0, 0.1) is 11.3 Å². The second kappa shape index (κ2) is 7.05. The topological polar surface area (TPSA) is 87.4 Å². The predicted molar refractivity (Wildman–Crippen MR) is 84.0 cm³/mol. The highest BCUT2D eigenvalue weighted by atomic mass is 16.5. The molecule has 2 aromatic carbocycles. The highest BCUT2D eigenvalue weighted by Crippen LogP contribution is 2.20. The number of rotatable bonds is 4. The molecular formula is C18H13NO4. The number of phenolic OH excluding ortho intramolecular Hbond substituents is 1. The number of ketones is 1. The van der Waals surface area contributed by atoms with E-state index in [0.717, 1.165) is 0 Å². The zero-order chi connectivity index (χ0) is 16.8. The van der Waals surface area contributed by atoms with Crippen LogP contribution in [0.2, 0.25) is 0 Å². The predicted octanol–water partition coefficient (Wildman–Crippen LogP) is 2.95. The molecule has 2 aromatic rings. The van der Waals surface area contributed by atoms with E-state index >= 15 is 0 Å². The Bertz CT molecular complexity index is 814. The number of benzene rings is 2. The van der Waals surface area contributed by atoms with Crippen LogP contribution in [0.15, 0.2) is 48.5 Å². The molecule has 0 bridgehead atoms. The zero-order valence-electron chi connectivity index (χ0n) is 12.3. The second-order valence-corrected chi connectivity index (χ2v) is 4.65. The number of aromatic hydroxyl groups is 1. The average molecular weight is 307 g/mol. The van der Waals surface area contributed by atoms with Gasteiger partial charge in [-0.1, -0.05) is 12.1 Å². The Balaban J connectivity index is 2.16. The van der Waals surface area contributed by atoms with Crippen LogP contribution in [0.1, 0.15) is 31.8 Å². The summed E-state index contributed by atoms with van der Waals surface area (Å²) in [5, 5.41) is 18.5. The number of hydrogen-bond acceptors (Lipinski definition) is 5. The van der Waals surface area contributed by atoms with Crippen LogP contribution in [0.3, 0.4) is 0 Å². The first kappa shape index (κ1) is 16.0. The number of hydrogen-bond donors (Lipinski definition) is 1. The van der Waals surface area contributed by atoms with E-state index in [1.807, 2.05) is 6.07 Å². The minimum atomic E-state index is -0.633. The normalized spacial score (nSPS) is 10.3. The van der Waals surface area contributed by atoms with Gasteiger partial charge in [-0.25, -0.2) is 4.79 Å². The molecule has 0 amide bonds. The first-order chi connectivity index (χ1) is 11.0. The van der Waals surface area contributed by atoms with Gasteiger partial charge in [-0.2, -0.15) is 5.26 Å². The number of methoxy groups -OCH3 is 1. The maximum atomic E-state index is 12.0. The molecule has 114 valence electrons. The maximum Gasteiger partial charge on any atom is 0.341 e. The Labute approximate surface area is 133 Å². The molecule has 0 fully saturated rings. The summed E-state index contributed by atoms with van der Waals surface area (Å²) >= 11 is 0. The number of esters is 1. The molecule has 0 aromatic heterocycles. The van der Waals surface area contributed by atoms with E-state index in [4.69, 9.17) is 5.26 Å². The van der Waals surface area contributed by atoms with Gasteiger partial charge in [0, 0.05) is 5.56 Å². The fraction of sp³-hybridized carbons (Fsp3) is 0.0556. The fourth-order valence-corrected chi connectivity index (χ4v) is 1.91. The highest BCUT2D eigenvalue weighted by molar-refractivity contribution is 6.06. The first-order valence-electron chi connectivity index (χ1n) is 6.69. The van der Waals surface area contributed by atoms with Crippen LogP contribution in [0.4, 0.5) is 0 Å². The van der Waals surface area contributed by atoms with Crippen molar-refractivity contribution >= 4 is 17.8 Å². The van der Waals surface area contributed by atoms with Crippen molar-refractivity contribution in [3.63, 3.8) is 0 Å². The summed E-state index contributed by atoms with van der Waals surface area (Å²) in [6.45, 7) is 0. The molecule has 0 heterocycles. The Kier molecular flexibility index (Phi) is 4.90. The summed E-state index contributed by atoms with van der Waals surface area (Å²) < 4.78 is 4.54. The summed E-state index contributed by atoms with van der Waals surface area (Å²) in [7, 11) is 1.23. The third-order valence-corrected chi connectivity index (χ3v) is 3.15. The van der Waals surface area contributed by atoms with Gasteiger partial charge in [0.15, 0.2) is 5.78 Å². The van der Waals surface area contributed by atoms with Gasteiger partial charge in [0.1, 0.15) is 11.3 Å². The largest absolute Gasteiger partial charge is 0.507 e. The van der Waals surface area contributed by atoms with E-state index in [1.54, 1.807) is 30.3 Å². The number of nitrogens with zero attached hydrogens (tertiary/aromatic N) is 1. The SMILES string of the molecule is COC(=O)c1ccc(C=CC(=O)c2ccc(C#N)cc2)cc1O. The second-order valence-electron chi connectivity index (χ2n) is 4.65. The standard InChI is InChI=1S/C18H13NO4/c1-23-18(22)15-8-4-12(10-17(15)21)5-9-16(20)14-6-2-13(11-19)3-7-14/h2-10,21H,1H3. The van der Waals surface area contributed by atoms with Crippen LogP contribution in [-0.4, -0.2) is 24.0 Å². The maximum absolute atomic E-state index is 12.0. The lowest BCUT2D eigenvalue weighted by Gasteiger charge is -2.03. The van der Waals surface area contributed by atoms with Crippen molar-refractivity contribution < 1.29 is 19.4 Å². The molecular weight excluding hydrogens is 294 g/mol. The summed E-state index contributed by atoms with van der Waals surface area (Å²) in [5.74, 6) is -1.08. The minimum absolute atomic E-state index is 0.0584. The molecule has 0 aliphatic carbocycles. The van der Waals surface area contributed by atoms with Gasteiger partial charge in [-0.3, -0.25) is 4.79 Å². The molecule has 1 N–H and O–H groups in total. The van der Waals surface area contributed by atoms with Crippen LogP contribution < -0.4 is 0 Å². The molecule has 0 saturated carbocycles. The van der Waals surface area contributed by atoms with E-state index in [0.29, 0.717) is 16.7 Å². The van der Waals surface area contributed by atoms with Gasteiger partial charge >= 0.3 is 5.97 Å². The van der Waals surface area contributed by atoms with Crippen LogP contribution >= 0.6 is 0 Å². The lowest BCUT2D eigenvalue weighted by atomic mass is 10.1. The Hall–Kier alpha value is -3.39. The number of nitriles is 1. The number of carbonyl (C=O) groups is 2. The van der Waals surface area contributed by atoms with Gasteiger partial charge in [0.05, 0.1) is 18.7 Å². The van der Waals surface area contributed by atoms with Crippen LogP contribution in [0.25, 0.3) is 6.08 Å². The lowest BCUT2D eigenvalue weighted by molar-refractivity contribution is 0.0597. The van der Waals surface area contributed by atoms with E-state index in [-0.39, 0.29) is 17.1 Å². The van der Waals surface area contributed by atoms with E-state index in [2.05, 4.69) is 4.74 Å². The molecule has 0 saturated heterocycles. The van der Waals surface area contributed by atoms with Gasteiger partial charge in [0.2, 0.25) is 0 Å². The van der Waals surface area contributed by atoms with Crippen LogP contribution in [-0.2, 0) is 4.74 Å². The summed E-state index contributed by atoms with van der Waals surface area (Å²) in [4.78, 5) is 23.4. The van der Waals surface area contributed by atoms with Crippen molar-refractivity contribution in [2.75, 3.05) is 7.11 Å². The molecule has 0 radical (unpaired) electrons. The van der Waals surface area contributed by atoms with E-state index in [1.165, 1.54) is 31.4 Å². The van der Waals surface area contributed by atoms with Gasteiger partial charge < -0.3 is 9.84 Å².